The molecule has 1 heterocycles. The minimum absolute atomic E-state index is 0.122. The Morgan fingerprint density at radius 3 is 2.32 bits per heavy atom. The maximum absolute atomic E-state index is 13.1. The molecule has 3 aromatic carbocycles. The molecule has 0 bridgehead atoms. The fourth-order valence-corrected chi connectivity index (χ4v) is 6.92. The van der Waals surface area contributed by atoms with Crippen LogP contribution in [0.2, 0.25) is 0 Å². The first-order valence-electron chi connectivity index (χ1n) is 14.6. The maximum atomic E-state index is 13.1. The van der Waals surface area contributed by atoms with Crippen LogP contribution in [0.1, 0.15) is 43.5 Å². The third kappa shape index (κ3) is 9.20. The van der Waals surface area contributed by atoms with Gasteiger partial charge in [-0.3, -0.25) is 14.9 Å². The lowest BCUT2D eigenvalue weighted by Crippen LogP contribution is -2.37. The largest absolute Gasteiger partial charge is 0.376 e. The molecule has 1 aliphatic rings. The van der Waals surface area contributed by atoms with Crippen molar-refractivity contribution >= 4 is 44.8 Å². The standard InChI is InChI=1S/C32H41N5O5S2/c1-32(2)17-20-36(21-18-32)26-12-10-24(11-13-26)31(38)34-44(41,42)28-14-15-29(30(22-28)37(39)40)33-25(16-19-35(3)4)23-43-27-8-6-5-7-9-27/h5-15,22,25,33H,16-21,23H2,1-4H3,(H,34,38)/t25-/m0/s1. The van der Waals surface area contributed by atoms with Crippen molar-refractivity contribution in [2.75, 3.05) is 49.7 Å². The second kappa shape index (κ2) is 14.4. The van der Waals surface area contributed by atoms with Gasteiger partial charge in [0.05, 0.1) is 9.82 Å². The van der Waals surface area contributed by atoms with E-state index < -0.39 is 20.9 Å². The van der Waals surface area contributed by atoms with E-state index in [0.717, 1.165) is 49.1 Å². The number of nitro benzene ring substituents is 1. The Bertz CT molecular complexity index is 1540. The van der Waals surface area contributed by atoms with Crippen LogP contribution in [0.15, 0.2) is 82.6 Å². The van der Waals surface area contributed by atoms with E-state index in [4.69, 9.17) is 0 Å². The van der Waals surface area contributed by atoms with Gasteiger partial charge in [0.15, 0.2) is 0 Å². The van der Waals surface area contributed by atoms with E-state index in [2.05, 4.69) is 28.8 Å². The lowest BCUT2D eigenvalue weighted by Gasteiger charge is -2.38. The van der Waals surface area contributed by atoms with Crippen LogP contribution in [-0.2, 0) is 10.0 Å². The molecule has 3 aromatic rings. The molecule has 0 aromatic heterocycles. The Kier molecular flexibility index (Phi) is 10.9. The number of hydrogen-bond donors (Lipinski definition) is 2. The number of nitrogens with zero attached hydrogens (tertiary/aromatic N) is 3. The topological polar surface area (TPSA) is 125 Å². The number of hydrogen-bond acceptors (Lipinski definition) is 9. The zero-order chi connectivity index (χ0) is 31.9. The van der Waals surface area contributed by atoms with Gasteiger partial charge in [-0.1, -0.05) is 32.0 Å². The van der Waals surface area contributed by atoms with Crippen LogP contribution >= 0.6 is 11.8 Å². The number of nitro groups is 1. The first-order chi connectivity index (χ1) is 20.8. The van der Waals surface area contributed by atoms with Gasteiger partial charge in [-0.05, 0) is 93.8 Å². The van der Waals surface area contributed by atoms with E-state index in [0.29, 0.717) is 17.6 Å². The average molecular weight is 640 g/mol. The van der Waals surface area contributed by atoms with E-state index in [1.807, 2.05) is 61.5 Å². The number of rotatable bonds is 13. The maximum Gasteiger partial charge on any atom is 0.293 e. The highest BCUT2D eigenvalue weighted by atomic mass is 32.2. The molecule has 1 amide bonds. The third-order valence-corrected chi connectivity index (χ3v) is 10.3. The van der Waals surface area contributed by atoms with Crippen LogP contribution in [-0.4, -0.2) is 69.7 Å². The Hall–Kier alpha value is -3.61. The molecule has 0 saturated carbocycles. The molecule has 10 nitrogen and oxygen atoms in total. The van der Waals surface area contributed by atoms with Crippen LogP contribution in [0.4, 0.5) is 17.1 Å². The van der Waals surface area contributed by atoms with Crippen LogP contribution in [0.25, 0.3) is 0 Å². The molecule has 0 unspecified atom stereocenters. The number of piperidine rings is 1. The van der Waals surface area contributed by atoms with Crippen molar-refractivity contribution in [2.45, 2.75) is 48.9 Å². The molecule has 1 saturated heterocycles. The number of carbonyl (C=O) groups is 1. The van der Waals surface area contributed by atoms with E-state index in [-0.39, 0.29) is 27.9 Å². The number of nitrogens with one attached hydrogen (secondary N) is 2. The summed E-state index contributed by atoms with van der Waals surface area (Å²) in [7, 11) is -0.454. The van der Waals surface area contributed by atoms with Gasteiger partial charge in [-0.15, -0.1) is 11.8 Å². The van der Waals surface area contributed by atoms with Crippen molar-refractivity contribution < 1.29 is 18.1 Å². The van der Waals surface area contributed by atoms with E-state index in [1.54, 1.807) is 23.9 Å². The van der Waals surface area contributed by atoms with Gasteiger partial charge < -0.3 is 15.1 Å². The molecule has 236 valence electrons. The van der Waals surface area contributed by atoms with Gasteiger partial charge in [-0.2, -0.15) is 0 Å². The zero-order valence-electron chi connectivity index (χ0n) is 25.7. The van der Waals surface area contributed by atoms with Gasteiger partial charge in [-0.25, -0.2) is 13.1 Å². The minimum atomic E-state index is -4.37. The molecule has 2 N–H and O–H groups in total. The van der Waals surface area contributed by atoms with Gasteiger partial charge >= 0.3 is 0 Å². The summed E-state index contributed by atoms with van der Waals surface area (Å²) in [5, 5.41) is 15.3. The first-order valence-corrected chi connectivity index (χ1v) is 17.1. The quantitative estimate of drug-likeness (QED) is 0.134. The number of sulfonamides is 1. The van der Waals surface area contributed by atoms with Gasteiger partial charge in [0.2, 0.25) is 0 Å². The summed E-state index contributed by atoms with van der Waals surface area (Å²) in [6, 6.07) is 20.2. The fraction of sp³-hybridized carbons (Fsp3) is 0.406. The lowest BCUT2D eigenvalue weighted by molar-refractivity contribution is -0.384. The van der Waals surface area contributed by atoms with Crippen LogP contribution in [0.3, 0.4) is 0 Å². The normalized spacial score (nSPS) is 15.5. The number of amides is 1. The summed E-state index contributed by atoms with van der Waals surface area (Å²) in [4.78, 5) is 29.3. The number of anilines is 2. The predicted octanol–water partition coefficient (Wildman–Crippen LogP) is 5.86. The summed E-state index contributed by atoms with van der Waals surface area (Å²) < 4.78 is 28.4. The van der Waals surface area contributed by atoms with Gasteiger partial charge in [0.1, 0.15) is 5.69 Å². The molecule has 1 atom stereocenters. The monoisotopic (exact) mass is 639 g/mol. The van der Waals surface area contributed by atoms with Crippen molar-refractivity contribution in [3.8, 4) is 0 Å². The van der Waals surface area contributed by atoms with E-state index in [1.165, 1.54) is 12.1 Å². The van der Waals surface area contributed by atoms with Crippen molar-refractivity contribution in [3.63, 3.8) is 0 Å². The van der Waals surface area contributed by atoms with Crippen LogP contribution in [0.5, 0.6) is 0 Å². The number of carbonyl (C=O) groups excluding carboxylic acids is 1. The molecule has 0 radical (unpaired) electrons. The van der Waals surface area contributed by atoms with Crippen molar-refractivity contribution in [2.24, 2.45) is 5.41 Å². The molecule has 4 rings (SSSR count). The Morgan fingerprint density at radius 2 is 1.70 bits per heavy atom. The van der Waals surface area contributed by atoms with E-state index in [9.17, 15) is 23.3 Å². The molecule has 12 heteroatoms. The SMILES string of the molecule is CN(C)CC[C@@H](CSc1ccccc1)Nc1ccc(S(=O)(=O)NC(=O)c2ccc(N3CCC(C)(C)CC3)cc2)cc1[N+](=O)[O-]. The third-order valence-electron chi connectivity index (χ3n) is 7.79. The van der Waals surface area contributed by atoms with Crippen molar-refractivity contribution in [1.29, 1.82) is 0 Å². The summed E-state index contributed by atoms with van der Waals surface area (Å²) in [6.07, 6.45) is 2.85. The van der Waals surface area contributed by atoms with E-state index >= 15 is 0 Å². The molecular formula is C32H41N5O5S2. The van der Waals surface area contributed by atoms with Crippen LogP contribution < -0.4 is 14.9 Å². The van der Waals surface area contributed by atoms with Crippen molar-refractivity contribution in [1.82, 2.24) is 9.62 Å². The Balaban J connectivity index is 1.46. The van der Waals surface area contributed by atoms with Gasteiger partial charge in [0.25, 0.3) is 21.6 Å². The lowest BCUT2D eigenvalue weighted by atomic mass is 9.82. The average Bonchev–Trinajstić information content (AvgIpc) is 2.98. The molecular weight excluding hydrogens is 599 g/mol. The zero-order valence-corrected chi connectivity index (χ0v) is 27.3. The summed E-state index contributed by atoms with van der Waals surface area (Å²) in [5.41, 5.74) is 1.30. The molecule has 0 spiro atoms. The summed E-state index contributed by atoms with van der Waals surface area (Å²) in [6.45, 7) is 7.10. The highest BCUT2D eigenvalue weighted by Crippen LogP contribution is 2.33. The Morgan fingerprint density at radius 1 is 1.05 bits per heavy atom. The second-order valence-corrected chi connectivity index (χ2v) is 14.9. The highest BCUT2D eigenvalue weighted by Gasteiger charge is 2.27. The summed E-state index contributed by atoms with van der Waals surface area (Å²) >= 11 is 1.64. The second-order valence-electron chi connectivity index (χ2n) is 12.1. The van der Waals surface area contributed by atoms with Gasteiger partial charge in [0, 0.05) is 47.1 Å². The summed E-state index contributed by atoms with van der Waals surface area (Å²) in [5.74, 6) is -0.150. The van der Waals surface area contributed by atoms with Crippen LogP contribution in [0, 0.1) is 15.5 Å². The first kappa shape index (κ1) is 33.3. The van der Waals surface area contributed by atoms with Crippen molar-refractivity contribution in [3.05, 3.63) is 88.5 Å². The number of benzene rings is 3. The molecule has 1 aliphatic heterocycles. The predicted molar refractivity (Wildman–Crippen MR) is 177 cm³/mol. The molecule has 0 aliphatic carbocycles. The Labute approximate surface area is 264 Å². The molecule has 44 heavy (non-hydrogen) atoms. The highest BCUT2D eigenvalue weighted by molar-refractivity contribution is 7.99. The molecule has 1 fully saturated rings. The fourth-order valence-electron chi connectivity index (χ4n) is 4.93. The smallest absolute Gasteiger partial charge is 0.293 e. The number of thioether (sulfide) groups is 1. The minimum Gasteiger partial charge on any atom is -0.376 e.